The van der Waals surface area contributed by atoms with Crippen LogP contribution in [0, 0.1) is 5.92 Å². The maximum atomic E-state index is 12.5. The highest BCUT2D eigenvalue weighted by Gasteiger charge is 2.35. The molecule has 6 nitrogen and oxygen atoms in total. The number of sulfonamides is 1. The van der Waals surface area contributed by atoms with Crippen LogP contribution in [0.3, 0.4) is 0 Å². The monoisotopic (exact) mass is 316 g/mol. The summed E-state index contributed by atoms with van der Waals surface area (Å²) in [6, 6.07) is 0. The van der Waals surface area contributed by atoms with E-state index in [9.17, 15) is 13.2 Å². The zero-order valence-electron chi connectivity index (χ0n) is 10.9. The average Bonchev–Trinajstić information content (AvgIpc) is 3.16. The van der Waals surface area contributed by atoms with E-state index in [2.05, 4.69) is 4.98 Å². The second-order valence-corrected chi connectivity index (χ2v) is 8.56. The van der Waals surface area contributed by atoms with Crippen molar-refractivity contribution in [3.05, 3.63) is 11.2 Å². The van der Waals surface area contributed by atoms with Gasteiger partial charge in [-0.2, -0.15) is 4.31 Å². The lowest BCUT2D eigenvalue weighted by molar-refractivity contribution is -0.142. The molecule has 0 spiro atoms. The van der Waals surface area contributed by atoms with Crippen LogP contribution in [0.2, 0.25) is 0 Å². The molecule has 8 heteroatoms. The number of carbonyl (C=O) groups is 1. The molecule has 1 N–H and O–H groups in total. The fourth-order valence-electron chi connectivity index (χ4n) is 2.40. The first-order valence-electron chi connectivity index (χ1n) is 6.67. The number of thiazole rings is 1. The Morgan fingerprint density at radius 1 is 1.40 bits per heavy atom. The van der Waals surface area contributed by atoms with Crippen LogP contribution in [0.1, 0.15) is 36.6 Å². The third-order valence-corrected chi connectivity index (χ3v) is 7.22. The predicted octanol–water partition coefficient (Wildman–Crippen LogP) is 1.51. The molecule has 20 heavy (non-hydrogen) atoms. The molecule has 0 bridgehead atoms. The van der Waals surface area contributed by atoms with E-state index in [4.69, 9.17) is 5.11 Å². The molecule has 1 saturated heterocycles. The summed E-state index contributed by atoms with van der Waals surface area (Å²) in [5.74, 6) is -1.10. The molecular weight excluding hydrogens is 300 g/mol. The van der Waals surface area contributed by atoms with Gasteiger partial charge in [0.1, 0.15) is 0 Å². The van der Waals surface area contributed by atoms with E-state index < -0.39 is 21.9 Å². The number of nitrogens with zero attached hydrogens (tertiary/aromatic N) is 2. The van der Waals surface area contributed by atoms with Crippen LogP contribution in [-0.4, -0.2) is 41.9 Å². The molecule has 1 aromatic heterocycles. The Bertz CT molecular complexity index is 621. The molecule has 2 fully saturated rings. The van der Waals surface area contributed by atoms with Crippen molar-refractivity contribution in [2.45, 2.75) is 35.8 Å². The second-order valence-electron chi connectivity index (χ2n) is 5.33. The standard InChI is InChI=1S/C12H16N2O4S2/c15-12(16)9-2-1-5-14(7-9)20(17,18)10-6-13-11(19-10)8-3-4-8/h6,8-9H,1-5,7H2,(H,15,16). The number of aliphatic carboxylic acids is 1. The molecular formula is C12H16N2O4S2. The lowest BCUT2D eigenvalue weighted by Gasteiger charge is -2.29. The zero-order valence-corrected chi connectivity index (χ0v) is 12.5. The normalized spacial score (nSPS) is 24.7. The number of piperidine rings is 1. The summed E-state index contributed by atoms with van der Waals surface area (Å²) in [7, 11) is -3.59. The van der Waals surface area contributed by atoms with Crippen molar-refractivity contribution in [2.75, 3.05) is 13.1 Å². The maximum absolute atomic E-state index is 12.5. The minimum atomic E-state index is -3.59. The van der Waals surface area contributed by atoms with Crippen LogP contribution in [-0.2, 0) is 14.8 Å². The fourth-order valence-corrected chi connectivity index (χ4v) is 5.40. The van der Waals surface area contributed by atoms with Gasteiger partial charge in [-0.05, 0) is 25.7 Å². The third kappa shape index (κ3) is 2.59. The van der Waals surface area contributed by atoms with E-state index in [1.807, 2.05) is 0 Å². The number of carboxylic acids is 1. The lowest BCUT2D eigenvalue weighted by atomic mass is 10.0. The summed E-state index contributed by atoms with van der Waals surface area (Å²) in [4.78, 5) is 15.2. The first kappa shape index (κ1) is 14.0. The molecule has 1 aliphatic heterocycles. The van der Waals surface area contributed by atoms with E-state index in [0.717, 1.165) is 17.8 Å². The van der Waals surface area contributed by atoms with Crippen LogP contribution < -0.4 is 0 Å². The summed E-state index contributed by atoms with van der Waals surface area (Å²) in [5.41, 5.74) is 0. The molecule has 0 amide bonds. The predicted molar refractivity (Wildman–Crippen MR) is 73.2 cm³/mol. The minimum absolute atomic E-state index is 0.0638. The average molecular weight is 316 g/mol. The Morgan fingerprint density at radius 3 is 2.80 bits per heavy atom. The van der Waals surface area contributed by atoms with Gasteiger partial charge < -0.3 is 5.11 Å². The lowest BCUT2D eigenvalue weighted by Crippen LogP contribution is -2.42. The van der Waals surface area contributed by atoms with Crippen LogP contribution in [0.25, 0.3) is 0 Å². The summed E-state index contributed by atoms with van der Waals surface area (Å²) in [5, 5.41) is 9.93. The molecule has 3 rings (SSSR count). The van der Waals surface area contributed by atoms with Crippen LogP contribution in [0.5, 0.6) is 0 Å². The number of hydrogen-bond donors (Lipinski definition) is 1. The van der Waals surface area contributed by atoms with E-state index in [-0.39, 0.29) is 10.8 Å². The summed E-state index contributed by atoms with van der Waals surface area (Å²) in [6.07, 6.45) is 4.70. The number of aromatic nitrogens is 1. The Kier molecular flexibility index (Phi) is 3.55. The van der Waals surface area contributed by atoms with Crippen molar-refractivity contribution in [1.82, 2.24) is 9.29 Å². The molecule has 2 heterocycles. The van der Waals surface area contributed by atoms with Gasteiger partial charge >= 0.3 is 5.97 Å². The van der Waals surface area contributed by atoms with Crippen molar-refractivity contribution in [1.29, 1.82) is 0 Å². The quantitative estimate of drug-likeness (QED) is 0.909. The number of hydrogen-bond acceptors (Lipinski definition) is 5. The number of rotatable bonds is 4. The van der Waals surface area contributed by atoms with Gasteiger partial charge in [-0.1, -0.05) is 0 Å². The zero-order chi connectivity index (χ0) is 14.3. The third-order valence-electron chi connectivity index (χ3n) is 3.76. The molecule has 1 aromatic rings. The van der Waals surface area contributed by atoms with E-state index in [1.54, 1.807) is 0 Å². The molecule has 0 radical (unpaired) electrons. The second kappa shape index (κ2) is 5.09. The van der Waals surface area contributed by atoms with E-state index in [0.29, 0.717) is 25.3 Å². The Balaban J connectivity index is 1.80. The van der Waals surface area contributed by atoms with Crippen LogP contribution in [0.4, 0.5) is 0 Å². The van der Waals surface area contributed by atoms with Gasteiger partial charge in [0.05, 0.1) is 17.1 Å². The maximum Gasteiger partial charge on any atom is 0.307 e. The van der Waals surface area contributed by atoms with Gasteiger partial charge in [0.25, 0.3) is 10.0 Å². The summed E-state index contributed by atoms with van der Waals surface area (Å²) >= 11 is 1.23. The first-order chi connectivity index (χ1) is 9.48. The molecule has 110 valence electrons. The van der Waals surface area contributed by atoms with Gasteiger partial charge in [0.15, 0.2) is 4.21 Å². The largest absolute Gasteiger partial charge is 0.481 e. The van der Waals surface area contributed by atoms with Gasteiger partial charge in [-0.15, -0.1) is 11.3 Å². The van der Waals surface area contributed by atoms with E-state index in [1.165, 1.54) is 21.8 Å². The van der Waals surface area contributed by atoms with Crippen molar-refractivity contribution < 1.29 is 18.3 Å². The molecule has 1 saturated carbocycles. The highest BCUT2D eigenvalue weighted by Crippen LogP contribution is 2.42. The molecule has 0 aromatic carbocycles. The van der Waals surface area contributed by atoms with Gasteiger partial charge in [-0.3, -0.25) is 4.79 Å². The fraction of sp³-hybridized carbons (Fsp3) is 0.667. The Labute approximate surface area is 121 Å². The number of carboxylic acid groups (broad SMARTS) is 1. The van der Waals surface area contributed by atoms with Crippen molar-refractivity contribution in [3.63, 3.8) is 0 Å². The van der Waals surface area contributed by atoms with Crippen LogP contribution in [0.15, 0.2) is 10.4 Å². The Hall–Kier alpha value is -0.990. The first-order valence-corrected chi connectivity index (χ1v) is 8.93. The topological polar surface area (TPSA) is 87.6 Å². The summed E-state index contributed by atoms with van der Waals surface area (Å²) < 4.78 is 26.6. The summed E-state index contributed by atoms with van der Waals surface area (Å²) in [6.45, 7) is 0.455. The highest BCUT2D eigenvalue weighted by atomic mass is 32.2. The SMILES string of the molecule is O=C(O)C1CCCN(S(=O)(=O)c2cnc(C3CC3)s2)C1. The molecule has 1 aliphatic carbocycles. The van der Waals surface area contributed by atoms with Gasteiger partial charge in [-0.25, -0.2) is 13.4 Å². The van der Waals surface area contributed by atoms with Crippen molar-refractivity contribution in [3.8, 4) is 0 Å². The Morgan fingerprint density at radius 2 is 2.15 bits per heavy atom. The smallest absolute Gasteiger partial charge is 0.307 e. The van der Waals surface area contributed by atoms with Crippen molar-refractivity contribution in [2.24, 2.45) is 5.92 Å². The molecule has 1 unspecified atom stereocenters. The molecule has 2 aliphatic rings. The van der Waals surface area contributed by atoms with Crippen molar-refractivity contribution >= 4 is 27.3 Å². The van der Waals surface area contributed by atoms with Gasteiger partial charge in [0.2, 0.25) is 0 Å². The van der Waals surface area contributed by atoms with Gasteiger partial charge in [0, 0.05) is 19.0 Å². The minimum Gasteiger partial charge on any atom is -0.481 e. The van der Waals surface area contributed by atoms with Crippen LogP contribution >= 0.6 is 11.3 Å². The van der Waals surface area contributed by atoms with E-state index >= 15 is 0 Å². The molecule has 1 atom stereocenters. The highest BCUT2D eigenvalue weighted by molar-refractivity contribution is 7.91.